The molecule has 0 atom stereocenters. The fourth-order valence-corrected chi connectivity index (χ4v) is 3.86. The first-order chi connectivity index (χ1) is 14.3. The number of anilines is 1. The number of hydrogen-bond acceptors (Lipinski definition) is 2. The lowest BCUT2D eigenvalue weighted by Gasteiger charge is -2.19. The van der Waals surface area contributed by atoms with Gasteiger partial charge in [0.1, 0.15) is 0 Å². The summed E-state index contributed by atoms with van der Waals surface area (Å²) in [5, 5.41) is 7.70. The van der Waals surface area contributed by atoms with Gasteiger partial charge in [-0.3, -0.25) is 9.79 Å². The zero-order valence-corrected chi connectivity index (χ0v) is 19.5. The minimum atomic E-state index is 0. The van der Waals surface area contributed by atoms with E-state index in [1.165, 1.54) is 16.5 Å². The summed E-state index contributed by atoms with van der Waals surface area (Å²) in [6.45, 7) is 2.70. The van der Waals surface area contributed by atoms with Crippen LogP contribution in [-0.4, -0.2) is 43.1 Å². The molecule has 7 heteroatoms. The van der Waals surface area contributed by atoms with Crippen LogP contribution in [0, 0.1) is 0 Å². The molecule has 2 aromatic carbocycles. The Kier molecular flexibility index (Phi) is 7.73. The molecule has 4 rings (SSSR count). The van der Waals surface area contributed by atoms with E-state index in [1.807, 2.05) is 23.1 Å². The van der Waals surface area contributed by atoms with E-state index in [0.717, 1.165) is 38.2 Å². The molecule has 0 bridgehead atoms. The van der Waals surface area contributed by atoms with E-state index in [9.17, 15) is 4.79 Å². The second-order valence-electron chi connectivity index (χ2n) is 7.20. The van der Waals surface area contributed by atoms with Crippen molar-refractivity contribution in [2.24, 2.45) is 4.99 Å². The number of benzene rings is 2. The molecule has 0 unspecified atom stereocenters. The maximum atomic E-state index is 12.6. The van der Waals surface area contributed by atoms with E-state index >= 15 is 0 Å². The van der Waals surface area contributed by atoms with Crippen molar-refractivity contribution in [1.82, 2.24) is 15.2 Å². The number of para-hydroxylation sites is 2. The molecule has 0 saturated heterocycles. The van der Waals surface area contributed by atoms with Gasteiger partial charge in [0.2, 0.25) is 5.91 Å². The van der Waals surface area contributed by atoms with Crippen LogP contribution in [0.5, 0.6) is 0 Å². The Labute approximate surface area is 194 Å². The number of carbonyl (C=O) groups is 1. The molecule has 0 aliphatic carbocycles. The first-order valence-corrected chi connectivity index (χ1v) is 10.1. The number of guanidine groups is 1. The third-order valence-corrected chi connectivity index (χ3v) is 5.37. The van der Waals surface area contributed by atoms with Gasteiger partial charge < -0.3 is 20.1 Å². The number of nitrogens with zero attached hydrogens (tertiary/aromatic N) is 3. The SMILES string of the molecule is CN=C(NCCCn1ccc2ccccc21)NCC(=O)N1CCc2ccccc21.I. The Bertz CT molecular complexity index is 1030. The smallest absolute Gasteiger partial charge is 0.246 e. The average molecular weight is 517 g/mol. The maximum Gasteiger partial charge on any atom is 0.246 e. The molecule has 1 amide bonds. The first-order valence-electron chi connectivity index (χ1n) is 10.1. The summed E-state index contributed by atoms with van der Waals surface area (Å²) in [6, 6.07) is 18.6. The molecule has 3 aromatic rings. The predicted octanol–water partition coefficient (Wildman–Crippen LogP) is 3.40. The zero-order valence-electron chi connectivity index (χ0n) is 17.2. The predicted molar refractivity (Wildman–Crippen MR) is 134 cm³/mol. The minimum Gasteiger partial charge on any atom is -0.356 e. The van der Waals surface area contributed by atoms with Crippen molar-refractivity contribution in [3.05, 3.63) is 66.4 Å². The van der Waals surface area contributed by atoms with Gasteiger partial charge in [-0.15, -0.1) is 24.0 Å². The summed E-state index contributed by atoms with van der Waals surface area (Å²) >= 11 is 0. The van der Waals surface area contributed by atoms with Gasteiger partial charge in [-0.05, 0) is 42.0 Å². The van der Waals surface area contributed by atoms with Gasteiger partial charge in [-0.2, -0.15) is 0 Å². The molecule has 158 valence electrons. The minimum absolute atomic E-state index is 0. The largest absolute Gasteiger partial charge is 0.356 e. The monoisotopic (exact) mass is 517 g/mol. The Hall–Kier alpha value is -2.55. The van der Waals surface area contributed by atoms with E-state index < -0.39 is 0 Å². The molecule has 1 aliphatic heterocycles. The lowest BCUT2D eigenvalue weighted by Crippen LogP contribution is -2.44. The fraction of sp³-hybridized carbons (Fsp3) is 0.304. The molecule has 30 heavy (non-hydrogen) atoms. The van der Waals surface area contributed by atoms with Gasteiger partial charge in [0.25, 0.3) is 0 Å². The number of rotatable bonds is 6. The number of aromatic nitrogens is 1. The average Bonchev–Trinajstić information content (AvgIpc) is 3.37. The van der Waals surface area contributed by atoms with Crippen molar-refractivity contribution < 1.29 is 4.79 Å². The van der Waals surface area contributed by atoms with Gasteiger partial charge in [0, 0.05) is 44.1 Å². The van der Waals surface area contributed by atoms with E-state index in [0.29, 0.717) is 5.96 Å². The molecule has 2 heterocycles. The number of hydrogen-bond donors (Lipinski definition) is 2. The highest BCUT2D eigenvalue weighted by Gasteiger charge is 2.23. The van der Waals surface area contributed by atoms with E-state index in [1.54, 1.807) is 7.05 Å². The Morgan fingerprint density at radius 3 is 2.73 bits per heavy atom. The summed E-state index contributed by atoms with van der Waals surface area (Å²) in [5.74, 6) is 0.722. The van der Waals surface area contributed by atoms with Crippen molar-refractivity contribution in [2.75, 3.05) is 31.6 Å². The number of amides is 1. The van der Waals surface area contributed by atoms with Crippen LogP contribution in [0.15, 0.2) is 65.8 Å². The van der Waals surface area contributed by atoms with E-state index in [2.05, 4.69) is 62.8 Å². The molecule has 0 radical (unpaired) electrons. The number of nitrogens with one attached hydrogen (secondary N) is 2. The summed E-state index contributed by atoms with van der Waals surface area (Å²) in [4.78, 5) is 18.7. The second-order valence-corrected chi connectivity index (χ2v) is 7.20. The number of carbonyl (C=O) groups excluding carboxylic acids is 1. The van der Waals surface area contributed by atoms with Crippen molar-refractivity contribution in [1.29, 1.82) is 0 Å². The van der Waals surface area contributed by atoms with E-state index in [-0.39, 0.29) is 36.4 Å². The van der Waals surface area contributed by atoms with E-state index in [4.69, 9.17) is 0 Å². The van der Waals surface area contributed by atoms with Gasteiger partial charge in [-0.25, -0.2) is 0 Å². The summed E-state index contributed by atoms with van der Waals surface area (Å²) in [5.41, 5.74) is 3.52. The molecular formula is C23H28IN5O. The lowest BCUT2D eigenvalue weighted by molar-refractivity contribution is -0.117. The molecular weight excluding hydrogens is 489 g/mol. The van der Waals surface area contributed by atoms with Crippen molar-refractivity contribution in [2.45, 2.75) is 19.4 Å². The zero-order chi connectivity index (χ0) is 20.1. The molecule has 1 aliphatic rings. The first kappa shape index (κ1) is 22.1. The molecule has 2 N–H and O–H groups in total. The highest BCUT2D eigenvalue weighted by Crippen LogP contribution is 2.27. The molecule has 0 spiro atoms. The summed E-state index contributed by atoms with van der Waals surface area (Å²) in [6.07, 6.45) is 4.01. The van der Waals surface area contributed by atoms with Crippen LogP contribution in [0.3, 0.4) is 0 Å². The van der Waals surface area contributed by atoms with Crippen molar-refractivity contribution >= 4 is 52.4 Å². The Morgan fingerprint density at radius 2 is 1.87 bits per heavy atom. The van der Waals surface area contributed by atoms with Gasteiger partial charge in [-0.1, -0.05) is 36.4 Å². The number of aryl methyl sites for hydroxylation is 1. The van der Waals surface area contributed by atoms with Crippen molar-refractivity contribution in [3.63, 3.8) is 0 Å². The third-order valence-electron chi connectivity index (χ3n) is 5.37. The Morgan fingerprint density at radius 1 is 1.07 bits per heavy atom. The molecule has 0 fully saturated rings. The van der Waals surface area contributed by atoms with Crippen LogP contribution in [0.4, 0.5) is 5.69 Å². The van der Waals surface area contributed by atoms with Gasteiger partial charge >= 0.3 is 0 Å². The fourth-order valence-electron chi connectivity index (χ4n) is 3.86. The van der Waals surface area contributed by atoms with Gasteiger partial charge in [0.15, 0.2) is 5.96 Å². The quantitative estimate of drug-likeness (QED) is 0.228. The van der Waals surface area contributed by atoms with Crippen LogP contribution < -0.4 is 15.5 Å². The highest BCUT2D eigenvalue weighted by atomic mass is 127. The summed E-state index contributed by atoms with van der Waals surface area (Å²) < 4.78 is 2.27. The number of fused-ring (bicyclic) bond motifs is 2. The van der Waals surface area contributed by atoms with Crippen LogP contribution in [0.25, 0.3) is 10.9 Å². The van der Waals surface area contributed by atoms with Crippen LogP contribution in [0.1, 0.15) is 12.0 Å². The molecule has 1 aromatic heterocycles. The Balaban J connectivity index is 0.00000256. The highest BCUT2D eigenvalue weighted by molar-refractivity contribution is 14.0. The number of aliphatic imine (C=N–C) groups is 1. The second kappa shape index (κ2) is 10.5. The van der Waals surface area contributed by atoms with Gasteiger partial charge in [0.05, 0.1) is 6.54 Å². The molecule has 6 nitrogen and oxygen atoms in total. The summed E-state index contributed by atoms with van der Waals surface area (Å²) in [7, 11) is 1.73. The topological polar surface area (TPSA) is 61.7 Å². The number of halogens is 1. The normalized spacial score (nSPS) is 13.1. The molecule has 0 saturated carbocycles. The van der Waals surface area contributed by atoms with Crippen LogP contribution in [-0.2, 0) is 17.8 Å². The standard InChI is InChI=1S/C23H27N5O.HI/c1-24-23(25-13-6-14-27-15-11-18-7-2-4-9-20(18)27)26-17-22(29)28-16-12-19-8-3-5-10-21(19)28;/h2-5,7-11,15H,6,12-14,16-17H2,1H3,(H2,24,25,26);1H. The third kappa shape index (κ3) is 4.95. The maximum absolute atomic E-state index is 12.6. The van der Waals surface area contributed by atoms with Crippen LogP contribution in [0.2, 0.25) is 0 Å². The lowest BCUT2D eigenvalue weighted by atomic mass is 10.2. The van der Waals surface area contributed by atoms with Crippen molar-refractivity contribution in [3.8, 4) is 0 Å². The van der Waals surface area contributed by atoms with Crippen LogP contribution >= 0.6 is 24.0 Å².